The molecule has 1 aliphatic carbocycles. The molecule has 0 bridgehead atoms. The third-order valence-corrected chi connectivity index (χ3v) is 3.57. The van der Waals surface area contributed by atoms with Crippen LogP contribution in [0.25, 0.3) is 0 Å². The van der Waals surface area contributed by atoms with Crippen molar-refractivity contribution >= 4 is 23.4 Å². The Morgan fingerprint density at radius 1 is 1.25 bits per heavy atom. The van der Waals surface area contributed by atoms with Crippen LogP contribution in [0.5, 0.6) is 0 Å². The molecule has 20 heavy (non-hydrogen) atoms. The molecule has 2 atom stereocenters. The minimum Gasteiger partial charge on any atom is -0.481 e. The van der Waals surface area contributed by atoms with E-state index in [2.05, 4.69) is 10.6 Å². The van der Waals surface area contributed by atoms with Crippen LogP contribution in [0.4, 0.5) is 16.2 Å². The molecule has 6 nitrogen and oxygen atoms in total. The Kier molecular flexibility index (Phi) is 4.45. The van der Waals surface area contributed by atoms with E-state index in [1.165, 1.54) is 0 Å². The van der Waals surface area contributed by atoms with Gasteiger partial charge in [-0.25, -0.2) is 4.79 Å². The van der Waals surface area contributed by atoms with Gasteiger partial charge in [-0.3, -0.25) is 4.79 Å². The summed E-state index contributed by atoms with van der Waals surface area (Å²) in [6.07, 6.45) is 2.78. The lowest BCUT2D eigenvalue weighted by Gasteiger charge is -2.27. The van der Waals surface area contributed by atoms with Gasteiger partial charge in [0.1, 0.15) is 0 Å². The lowest BCUT2D eigenvalue weighted by molar-refractivity contribution is -0.143. The molecule has 1 fully saturated rings. The van der Waals surface area contributed by atoms with Crippen LogP contribution in [-0.2, 0) is 4.79 Å². The molecule has 0 heterocycles. The van der Waals surface area contributed by atoms with Crippen molar-refractivity contribution in [2.45, 2.75) is 31.7 Å². The molecule has 0 radical (unpaired) electrons. The van der Waals surface area contributed by atoms with Crippen molar-refractivity contribution in [2.75, 3.05) is 11.1 Å². The molecule has 0 spiro atoms. The molecule has 1 aromatic carbocycles. The lowest BCUT2D eigenvalue weighted by Crippen LogP contribution is -2.42. The van der Waals surface area contributed by atoms with Crippen molar-refractivity contribution in [3.05, 3.63) is 24.3 Å². The zero-order valence-corrected chi connectivity index (χ0v) is 11.1. The fourth-order valence-electron chi connectivity index (χ4n) is 2.50. The molecular weight excluding hydrogens is 258 g/mol. The first kappa shape index (κ1) is 14.2. The molecule has 0 aliphatic heterocycles. The first-order valence-electron chi connectivity index (χ1n) is 6.71. The van der Waals surface area contributed by atoms with Crippen LogP contribution in [0.15, 0.2) is 24.3 Å². The van der Waals surface area contributed by atoms with Crippen LogP contribution in [0, 0.1) is 5.92 Å². The van der Waals surface area contributed by atoms with Gasteiger partial charge >= 0.3 is 12.0 Å². The summed E-state index contributed by atoms with van der Waals surface area (Å²) in [4.78, 5) is 22.9. The molecule has 2 unspecified atom stereocenters. The largest absolute Gasteiger partial charge is 0.481 e. The Morgan fingerprint density at radius 2 is 2.00 bits per heavy atom. The Labute approximate surface area is 117 Å². The first-order valence-corrected chi connectivity index (χ1v) is 6.71. The number of carbonyl (C=O) groups excluding carboxylic acids is 1. The number of amides is 2. The molecule has 2 rings (SSSR count). The highest BCUT2D eigenvalue weighted by Crippen LogP contribution is 2.24. The summed E-state index contributed by atoms with van der Waals surface area (Å²) < 4.78 is 0. The standard InChI is InChI=1S/C14H19N3O3/c15-11-6-1-2-7-12(11)17-14(20)16-10-5-3-4-9(8-10)13(18)19/h1-2,6-7,9-10H,3-5,8,15H2,(H,18,19)(H2,16,17,20). The van der Waals surface area contributed by atoms with E-state index in [0.29, 0.717) is 24.2 Å². The molecule has 1 aliphatic rings. The Bertz CT molecular complexity index is 504. The number of rotatable bonds is 3. The van der Waals surface area contributed by atoms with E-state index in [9.17, 15) is 9.59 Å². The van der Waals surface area contributed by atoms with Crippen LogP contribution in [-0.4, -0.2) is 23.1 Å². The van der Waals surface area contributed by atoms with Gasteiger partial charge in [0, 0.05) is 6.04 Å². The van der Waals surface area contributed by atoms with Crippen molar-refractivity contribution in [1.82, 2.24) is 5.32 Å². The number of hydrogen-bond acceptors (Lipinski definition) is 3. The van der Waals surface area contributed by atoms with Gasteiger partial charge in [0.2, 0.25) is 0 Å². The predicted octanol–water partition coefficient (Wildman–Crippen LogP) is 2.03. The zero-order chi connectivity index (χ0) is 14.5. The number of aliphatic carboxylic acids is 1. The minimum absolute atomic E-state index is 0.102. The fourth-order valence-corrected chi connectivity index (χ4v) is 2.50. The number of nitrogens with two attached hydrogens (primary N) is 1. The SMILES string of the molecule is Nc1ccccc1NC(=O)NC1CCCC(C(=O)O)C1. The normalized spacial score (nSPS) is 22.0. The summed E-state index contributed by atoms with van der Waals surface area (Å²) >= 11 is 0. The van der Waals surface area contributed by atoms with E-state index in [4.69, 9.17) is 10.8 Å². The molecule has 6 heteroatoms. The van der Waals surface area contributed by atoms with Gasteiger partial charge in [-0.15, -0.1) is 0 Å². The Balaban J connectivity index is 1.88. The second kappa shape index (κ2) is 6.27. The van der Waals surface area contributed by atoms with Gasteiger partial charge in [-0.05, 0) is 31.4 Å². The van der Waals surface area contributed by atoms with Crippen molar-refractivity contribution in [2.24, 2.45) is 5.92 Å². The number of nitrogen functional groups attached to an aromatic ring is 1. The third-order valence-electron chi connectivity index (χ3n) is 3.57. The van der Waals surface area contributed by atoms with Crippen molar-refractivity contribution in [3.8, 4) is 0 Å². The van der Waals surface area contributed by atoms with Crippen LogP contribution in [0.3, 0.4) is 0 Å². The Morgan fingerprint density at radius 3 is 2.70 bits per heavy atom. The average molecular weight is 277 g/mol. The smallest absolute Gasteiger partial charge is 0.319 e. The maximum Gasteiger partial charge on any atom is 0.319 e. The van der Waals surface area contributed by atoms with Crippen LogP contribution < -0.4 is 16.4 Å². The number of urea groups is 1. The van der Waals surface area contributed by atoms with Crippen LogP contribution in [0.1, 0.15) is 25.7 Å². The molecule has 5 N–H and O–H groups in total. The van der Waals surface area contributed by atoms with Gasteiger partial charge in [-0.2, -0.15) is 0 Å². The molecule has 108 valence electrons. The Hall–Kier alpha value is -2.24. The number of para-hydroxylation sites is 2. The maximum atomic E-state index is 11.9. The van der Waals surface area contributed by atoms with Crippen LogP contribution in [0.2, 0.25) is 0 Å². The van der Waals surface area contributed by atoms with E-state index in [-0.39, 0.29) is 18.0 Å². The topological polar surface area (TPSA) is 104 Å². The molecule has 1 aromatic rings. The highest BCUT2D eigenvalue weighted by atomic mass is 16.4. The molecular formula is C14H19N3O3. The monoisotopic (exact) mass is 277 g/mol. The summed E-state index contributed by atoms with van der Waals surface area (Å²) in [7, 11) is 0. The van der Waals surface area contributed by atoms with Crippen molar-refractivity contribution in [3.63, 3.8) is 0 Å². The number of anilines is 2. The van der Waals surface area contributed by atoms with Crippen molar-refractivity contribution < 1.29 is 14.7 Å². The zero-order valence-electron chi connectivity index (χ0n) is 11.1. The fraction of sp³-hybridized carbons (Fsp3) is 0.429. The first-order chi connectivity index (χ1) is 9.56. The van der Waals surface area contributed by atoms with E-state index >= 15 is 0 Å². The second-order valence-corrected chi connectivity index (χ2v) is 5.08. The summed E-state index contributed by atoms with van der Waals surface area (Å²) in [5.41, 5.74) is 6.79. The van der Waals surface area contributed by atoms with Gasteiger partial charge < -0.3 is 21.5 Å². The summed E-state index contributed by atoms with van der Waals surface area (Å²) in [6.45, 7) is 0. The van der Waals surface area contributed by atoms with Gasteiger partial charge in [0.25, 0.3) is 0 Å². The summed E-state index contributed by atoms with van der Waals surface area (Å²) in [5, 5.41) is 14.5. The number of carbonyl (C=O) groups is 2. The van der Waals surface area contributed by atoms with Crippen LogP contribution >= 0.6 is 0 Å². The number of nitrogens with one attached hydrogen (secondary N) is 2. The summed E-state index contributed by atoms with van der Waals surface area (Å²) in [6, 6.07) is 6.55. The van der Waals surface area contributed by atoms with Gasteiger partial charge in [0.05, 0.1) is 17.3 Å². The highest BCUT2D eigenvalue weighted by Gasteiger charge is 2.27. The second-order valence-electron chi connectivity index (χ2n) is 5.08. The quantitative estimate of drug-likeness (QED) is 0.634. The van der Waals surface area contributed by atoms with Gasteiger partial charge in [-0.1, -0.05) is 18.6 Å². The number of benzene rings is 1. The molecule has 0 aromatic heterocycles. The average Bonchev–Trinajstić information content (AvgIpc) is 2.41. The molecule has 0 saturated heterocycles. The predicted molar refractivity (Wildman–Crippen MR) is 76.4 cm³/mol. The molecule has 1 saturated carbocycles. The van der Waals surface area contributed by atoms with Crippen molar-refractivity contribution in [1.29, 1.82) is 0 Å². The lowest BCUT2D eigenvalue weighted by atomic mass is 9.86. The van der Waals surface area contributed by atoms with E-state index in [0.717, 1.165) is 12.8 Å². The summed E-state index contributed by atoms with van der Waals surface area (Å²) in [5.74, 6) is -1.15. The van der Waals surface area contributed by atoms with E-state index < -0.39 is 5.97 Å². The minimum atomic E-state index is -0.788. The number of hydrogen-bond donors (Lipinski definition) is 4. The maximum absolute atomic E-state index is 11.9. The van der Waals surface area contributed by atoms with E-state index in [1.807, 2.05) is 0 Å². The number of carboxylic acids is 1. The number of carboxylic acid groups (broad SMARTS) is 1. The van der Waals surface area contributed by atoms with Gasteiger partial charge in [0.15, 0.2) is 0 Å². The third kappa shape index (κ3) is 3.63. The van der Waals surface area contributed by atoms with E-state index in [1.54, 1.807) is 24.3 Å². The highest BCUT2D eigenvalue weighted by molar-refractivity contribution is 5.92. The molecule has 2 amide bonds.